The Balaban J connectivity index is 0. The fraction of sp³-hybridized carbons (Fsp3) is 0.933. The predicted octanol–water partition coefficient (Wildman–Crippen LogP) is 13.4. The average Bonchev–Trinajstić information content (AvgIpc) is 3.15. The molecule has 0 spiro atoms. The van der Waals surface area contributed by atoms with Gasteiger partial charge in [0.15, 0.2) is 0 Å². The van der Waals surface area contributed by atoms with Crippen LogP contribution in [0.2, 0.25) is 0 Å². The fourth-order valence-corrected chi connectivity index (χ4v) is 6.47. The normalized spacial score (nSPS) is 10.8. The maximum atomic E-state index is 11.6. The van der Waals surface area contributed by atoms with Crippen molar-refractivity contribution in [3.05, 3.63) is 0 Å². The minimum atomic E-state index is -0.993. The van der Waals surface area contributed by atoms with E-state index >= 15 is 0 Å². The highest BCUT2D eigenvalue weighted by atomic mass is 16.5. The number of ether oxygens (including phenoxy) is 2. The summed E-state index contributed by atoms with van der Waals surface area (Å²) in [6.07, 6.45) is 42.8. The summed E-state index contributed by atoms with van der Waals surface area (Å²) in [5, 5.41) is 10.8. The van der Waals surface area contributed by atoms with E-state index in [1.165, 1.54) is 161 Å². The van der Waals surface area contributed by atoms with Gasteiger partial charge in [-0.15, -0.1) is 0 Å². The van der Waals surface area contributed by atoms with Gasteiger partial charge in [0, 0.05) is 19.4 Å². The summed E-state index contributed by atoms with van der Waals surface area (Å²) in [7, 11) is 0. The third-order valence-corrected chi connectivity index (χ3v) is 9.94. The van der Waals surface area contributed by atoms with E-state index in [-0.39, 0.29) is 11.9 Å². The molecule has 0 aliphatic carbocycles. The van der Waals surface area contributed by atoms with Crippen molar-refractivity contribution in [3.63, 3.8) is 0 Å². The molecule has 0 fully saturated rings. The summed E-state index contributed by atoms with van der Waals surface area (Å²) in [4.78, 5) is 33.3. The van der Waals surface area contributed by atoms with Crippen LogP contribution in [0, 0.1) is 0 Å². The summed E-state index contributed by atoms with van der Waals surface area (Å²) in [5.74, 6) is -0.160. The van der Waals surface area contributed by atoms with Gasteiger partial charge in [0.1, 0.15) is 0 Å². The molecule has 53 heavy (non-hydrogen) atoms. The molecule has 0 bridgehead atoms. The lowest BCUT2D eigenvalue weighted by atomic mass is 10.0. The zero-order valence-electron chi connectivity index (χ0n) is 35.4. The second-order valence-corrected chi connectivity index (χ2v) is 15.3. The Hall–Kier alpha value is -1.83. The number of carboxylic acid groups (broad SMARTS) is 1. The minimum Gasteiger partial charge on any atom is -0.466 e. The maximum Gasteiger partial charge on any atom is 0.404 e. The second kappa shape index (κ2) is 48.2. The van der Waals surface area contributed by atoms with Gasteiger partial charge in [-0.05, 0) is 45.1 Å². The van der Waals surface area contributed by atoms with Crippen molar-refractivity contribution in [1.29, 1.82) is 0 Å². The van der Waals surface area contributed by atoms with Crippen LogP contribution in [0.3, 0.4) is 0 Å². The largest absolute Gasteiger partial charge is 0.466 e. The Morgan fingerprint density at radius 3 is 1.00 bits per heavy atom. The quantitative estimate of drug-likeness (QED) is 0.0419. The number of rotatable bonds is 41. The van der Waals surface area contributed by atoms with E-state index in [1.807, 2.05) is 0 Å². The van der Waals surface area contributed by atoms with Crippen LogP contribution in [0.15, 0.2) is 0 Å². The van der Waals surface area contributed by atoms with E-state index in [1.54, 1.807) is 0 Å². The average molecular weight is 755 g/mol. The third-order valence-electron chi connectivity index (χ3n) is 9.94. The molecule has 0 aromatic carbocycles. The van der Waals surface area contributed by atoms with Gasteiger partial charge < -0.3 is 25.6 Å². The van der Waals surface area contributed by atoms with Gasteiger partial charge in [-0.2, -0.15) is 0 Å². The Bertz CT molecular complexity index is 750. The van der Waals surface area contributed by atoms with Gasteiger partial charge in [-0.3, -0.25) is 9.59 Å². The number of esters is 2. The maximum absolute atomic E-state index is 11.6. The number of nitrogens with one attached hydrogen (secondary N) is 1. The highest BCUT2D eigenvalue weighted by molar-refractivity contribution is 5.69. The van der Waals surface area contributed by atoms with E-state index in [2.05, 4.69) is 19.2 Å². The molecule has 0 aliphatic rings. The highest BCUT2D eigenvalue weighted by Gasteiger charge is 2.04. The number of carbonyl (C=O) groups excluding carboxylic acids is 2. The third kappa shape index (κ3) is 52.3. The van der Waals surface area contributed by atoms with Crippen molar-refractivity contribution in [2.24, 2.45) is 5.73 Å². The predicted molar refractivity (Wildman–Crippen MR) is 225 cm³/mol. The molecule has 8 nitrogen and oxygen atoms in total. The summed E-state index contributed by atoms with van der Waals surface area (Å²) in [5.41, 5.74) is 5.43. The number of nitrogens with two attached hydrogens (primary N) is 1. The summed E-state index contributed by atoms with van der Waals surface area (Å²) >= 11 is 0. The van der Waals surface area contributed by atoms with Crippen LogP contribution in [0.5, 0.6) is 0 Å². The van der Waals surface area contributed by atoms with E-state index in [9.17, 15) is 14.4 Å². The van der Waals surface area contributed by atoms with Crippen molar-refractivity contribution in [1.82, 2.24) is 5.32 Å². The van der Waals surface area contributed by atoms with Crippen LogP contribution in [-0.2, 0) is 19.1 Å². The zero-order valence-corrected chi connectivity index (χ0v) is 35.4. The first-order valence-electron chi connectivity index (χ1n) is 23.0. The molecule has 0 aliphatic heterocycles. The van der Waals surface area contributed by atoms with E-state index in [4.69, 9.17) is 20.3 Å². The Morgan fingerprint density at radius 2 is 0.698 bits per heavy atom. The number of unbranched alkanes of at least 4 members (excludes halogenated alkanes) is 30. The lowest BCUT2D eigenvalue weighted by Gasteiger charge is -2.05. The fourth-order valence-electron chi connectivity index (χ4n) is 6.47. The van der Waals surface area contributed by atoms with Crippen molar-refractivity contribution < 1.29 is 29.0 Å². The molecule has 0 atom stereocenters. The Labute approximate surface area is 328 Å². The summed E-state index contributed by atoms with van der Waals surface area (Å²) < 4.78 is 10.5. The molecule has 0 radical (unpaired) electrons. The molecule has 1 amide bonds. The number of carbonyl (C=O) groups is 3. The summed E-state index contributed by atoms with van der Waals surface area (Å²) in [6.45, 7) is 6.85. The Kier molecular flexibility index (Phi) is 48.4. The monoisotopic (exact) mass is 755 g/mol. The topological polar surface area (TPSA) is 128 Å². The van der Waals surface area contributed by atoms with Crippen molar-refractivity contribution in [2.75, 3.05) is 26.3 Å². The first kappa shape index (κ1) is 53.3. The van der Waals surface area contributed by atoms with Gasteiger partial charge in [0.2, 0.25) is 0 Å². The molecular weight excluding hydrogens is 665 g/mol. The SMILES string of the molecule is CCCCCCCCCCCCCCCCOC(=O)CCCCCN.CCCCCCCCCCCCCCCCOC(=O)CCCCCNC(=O)O. The van der Waals surface area contributed by atoms with Gasteiger partial charge in [-0.1, -0.05) is 194 Å². The molecule has 0 aromatic rings. The van der Waals surface area contributed by atoms with Crippen LogP contribution < -0.4 is 11.1 Å². The first-order chi connectivity index (χ1) is 26.0. The van der Waals surface area contributed by atoms with Gasteiger partial charge in [0.25, 0.3) is 0 Å². The van der Waals surface area contributed by atoms with E-state index < -0.39 is 6.09 Å². The van der Waals surface area contributed by atoms with E-state index in [0.717, 1.165) is 57.8 Å². The zero-order chi connectivity index (χ0) is 39.1. The molecule has 0 rings (SSSR count). The molecule has 4 N–H and O–H groups in total. The van der Waals surface area contributed by atoms with Crippen molar-refractivity contribution in [3.8, 4) is 0 Å². The summed E-state index contributed by atoms with van der Waals surface area (Å²) in [6, 6.07) is 0. The van der Waals surface area contributed by atoms with Crippen LogP contribution >= 0.6 is 0 Å². The molecular formula is C45H90N2O6. The second-order valence-electron chi connectivity index (χ2n) is 15.3. The minimum absolute atomic E-state index is 0.0354. The molecule has 0 aromatic heterocycles. The molecule has 0 saturated heterocycles. The number of hydrogen-bond donors (Lipinski definition) is 3. The van der Waals surface area contributed by atoms with Crippen molar-refractivity contribution in [2.45, 2.75) is 245 Å². The first-order valence-corrected chi connectivity index (χ1v) is 23.0. The molecule has 316 valence electrons. The lowest BCUT2D eigenvalue weighted by molar-refractivity contribution is -0.144. The van der Waals surface area contributed by atoms with Crippen LogP contribution in [0.25, 0.3) is 0 Å². The molecule has 0 saturated carbocycles. The standard InChI is InChI=1S/C23H45NO4.C22H45NO2/c1-2-3-4-5-6-7-8-9-10-11-12-13-14-18-21-28-22(25)19-16-15-17-20-24-23(26)27;1-2-3-4-5-6-7-8-9-10-11-12-13-14-18-21-25-22(24)19-16-15-17-20-23/h24H,2-21H2,1H3,(H,26,27);2-21,23H2,1H3. The smallest absolute Gasteiger partial charge is 0.404 e. The van der Waals surface area contributed by atoms with Crippen LogP contribution in [0.1, 0.15) is 245 Å². The number of amides is 1. The number of hydrogen-bond acceptors (Lipinski definition) is 6. The van der Waals surface area contributed by atoms with Gasteiger partial charge in [-0.25, -0.2) is 4.79 Å². The van der Waals surface area contributed by atoms with Crippen molar-refractivity contribution >= 4 is 18.0 Å². The molecule has 0 unspecified atom stereocenters. The molecule has 8 heteroatoms. The molecule has 0 heterocycles. The van der Waals surface area contributed by atoms with Crippen LogP contribution in [-0.4, -0.2) is 49.4 Å². The lowest BCUT2D eigenvalue weighted by Crippen LogP contribution is -2.21. The van der Waals surface area contributed by atoms with E-state index in [0.29, 0.717) is 39.1 Å². The highest BCUT2D eigenvalue weighted by Crippen LogP contribution is 2.14. The van der Waals surface area contributed by atoms with Gasteiger partial charge in [0.05, 0.1) is 13.2 Å². The van der Waals surface area contributed by atoms with Crippen LogP contribution in [0.4, 0.5) is 4.79 Å². The Morgan fingerprint density at radius 1 is 0.415 bits per heavy atom. The van der Waals surface area contributed by atoms with Gasteiger partial charge >= 0.3 is 18.0 Å².